The molecule has 0 aliphatic heterocycles. The highest BCUT2D eigenvalue weighted by Gasteiger charge is 2.46. The highest BCUT2D eigenvalue weighted by atomic mass is 16.3. The van der Waals surface area contributed by atoms with Crippen LogP contribution >= 0.6 is 0 Å². The predicted octanol–water partition coefficient (Wildman–Crippen LogP) is 1.98. The van der Waals surface area contributed by atoms with Crippen LogP contribution < -0.4 is 0 Å². The van der Waals surface area contributed by atoms with Crippen LogP contribution in [0.4, 0.5) is 0 Å². The van der Waals surface area contributed by atoms with Crippen LogP contribution in [-0.2, 0) is 4.79 Å². The van der Waals surface area contributed by atoms with E-state index in [1.165, 1.54) is 0 Å². The Labute approximate surface area is 71.6 Å². The molecule has 2 atom stereocenters. The van der Waals surface area contributed by atoms with Crippen molar-refractivity contribution in [3.05, 3.63) is 24.0 Å². The Morgan fingerprint density at radius 2 is 2.42 bits per heavy atom. The average Bonchev–Trinajstić information content (AvgIpc) is 2.28. The first-order chi connectivity index (χ1) is 5.64. The molecule has 0 amide bonds. The largest absolute Gasteiger partial charge is 0.505 e. The normalized spacial score (nSPS) is 39.6. The lowest BCUT2D eigenvalue weighted by Crippen LogP contribution is -2.31. The quantitative estimate of drug-likeness (QED) is 0.556. The van der Waals surface area contributed by atoms with Gasteiger partial charge in [0.05, 0.1) is 0 Å². The molecule has 0 aromatic heterocycles. The Kier molecular flexibility index (Phi) is 1.40. The third kappa shape index (κ3) is 0.779. The highest BCUT2D eigenvalue weighted by Crippen LogP contribution is 2.45. The lowest BCUT2D eigenvalue weighted by atomic mass is 9.72. The van der Waals surface area contributed by atoms with E-state index in [1.807, 2.05) is 13.0 Å². The van der Waals surface area contributed by atoms with Crippen molar-refractivity contribution in [2.75, 3.05) is 0 Å². The van der Waals surface area contributed by atoms with Gasteiger partial charge in [-0.2, -0.15) is 0 Å². The Morgan fingerprint density at radius 3 is 3.08 bits per heavy atom. The molecule has 12 heavy (non-hydrogen) atoms. The number of fused-ring (bicyclic) bond motifs is 1. The molecule has 2 aliphatic carbocycles. The van der Waals surface area contributed by atoms with E-state index in [0.717, 1.165) is 12.8 Å². The summed E-state index contributed by atoms with van der Waals surface area (Å²) in [6.45, 7) is 1.93. The van der Waals surface area contributed by atoms with Gasteiger partial charge in [-0.25, -0.2) is 0 Å². The van der Waals surface area contributed by atoms with E-state index in [0.29, 0.717) is 0 Å². The molecule has 0 fully saturated rings. The van der Waals surface area contributed by atoms with E-state index in [-0.39, 0.29) is 22.9 Å². The second-order valence-electron chi connectivity index (χ2n) is 3.79. The van der Waals surface area contributed by atoms with E-state index >= 15 is 0 Å². The van der Waals surface area contributed by atoms with Crippen molar-refractivity contribution in [1.82, 2.24) is 0 Å². The van der Waals surface area contributed by atoms with Gasteiger partial charge < -0.3 is 5.11 Å². The van der Waals surface area contributed by atoms with Gasteiger partial charge in [0.2, 0.25) is 5.78 Å². The van der Waals surface area contributed by atoms with Crippen LogP contribution in [-0.4, -0.2) is 10.9 Å². The third-order valence-electron chi connectivity index (χ3n) is 3.00. The Bertz CT molecular complexity index is 288. The summed E-state index contributed by atoms with van der Waals surface area (Å²) in [4.78, 5) is 11.5. The maximum absolute atomic E-state index is 11.5. The maximum atomic E-state index is 11.5. The van der Waals surface area contributed by atoms with Gasteiger partial charge in [-0.1, -0.05) is 19.1 Å². The molecule has 0 aromatic rings. The predicted molar refractivity (Wildman–Crippen MR) is 45.7 cm³/mol. The van der Waals surface area contributed by atoms with Crippen molar-refractivity contribution in [2.24, 2.45) is 11.3 Å². The molecule has 0 bridgehead atoms. The van der Waals surface area contributed by atoms with Crippen molar-refractivity contribution in [3.63, 3.8) is 0 Å². The molecule has 2 rings (SSSR count). The summed E-state index contributed by atoms with van der Waals surface area (Å²) >= 11 is 0. The molecule has 64 valence electrons. The first kappa shape index (κ1) is 7.59. The number of aliphatic hydroxyl groups is 1. The van der Waals surface area contributed by atoms with Gasteiger partial charge in [0.1, 0.15) is 0 Å². The molecular formula is C10H12O2. The van der Waals surface area contributed by atoms with Crippen molar-refractivity contribution in [1.29, 1.82) is 0 Å². The molecule has 0 radical (unpaired) electrons. The van der Waals surface area contributed by atoms with Crippen molar-refractivity contribution >= 4 is 5.78 Å². The van der Waals surface area contributed by atoms with Crippen LogP contribution in [0, 0.1) is 11.3 Å². The third-order valence-corrected chi connectivity index (χ3v) is 3.00. The number of aliphatic hydroxyl groups excluding tert-OH is 1. The van der Waals surface area contributed by atoms with E-state index in [2.05, 4.69) is 6.08 Å². The number of hydrogen-bond donors (Lipinski definition) is 1. The molecule has 2 nitrogen and oxygen atoms in total. The molecule has 2 aliphatic rings. The first-order valence-corrected chi connectivity index (χ1v) is 4.27. The Balaban J connectivity index is 2.42. The summed E-state index contributed by atoms with van der Waals surface area (Å²) in [6.07, 6.45) is 7.56. The molecule has 2 heteroatoms. The second kappa shape index (κ2) is 2.22. The maximum Gasteiger partial charge on any atom is 0.203 e. The topological polar surface area (TPSA) is 37.3 Å². The number of carbonyl (C=O) groups excluding carboxylic acids is 1. The smallest absolute Gasteiger partial charge is 0.203 e. The summed E-state index contributed by atoms with van der Waals surface area (Å²) in [5.41, 5.74) is -0.348. The van der Waals surface area contributed by atoms with Crippen LogP contribution in [0.2, 0.25) is 0 Å². The molecule has 0 unspecified atom stereocenters. The number of ketones is 1. The van der Waals surface area contributed by atoms with Crippen LogP contribution in [0.3, 0.4) is 0 Å². The number of Topliss-reactive ketones (excluding diaryl/α,β-unsaturated/α-hetero) is 1. The number of hydrogen-bond acceptors (Lipinski definition) is 2. The minimum Gasteiger partial charge on any atom is -0.505 e. The van der Waals surface area contributed by atoms with E-state index < -0.39 is 0 Å². The van der Waals surface area contributed by atoms with Gasteiger partial charge in [0.25, 0.3) is 0 Å². The summed E-state index contributed by atoms with van der Waals surface area (Å²) in [5.74, 6) is -0.00958. The molecule has 0 aromatic carbocycles. The number of rotatable bonds is 0. The Morgan fingerprint density at radius 1 is 1.67 bits per heavy atom. The van der Waals surface area contributed by atoms with Crippen molar-refractivity contribution in [2.45, 2.75) is 19.8 Å². The van der Waals surface area contributed by atoms with Crippen LogP contribution in [0.1, 0.15) is 19.8 Å². The van der Waals surface area contributed by atoms with Gasteiger partial charge in [-0.15, -0.1) is 0 Å². The van der Waals surface area contributed by atoms with Gasteiger partial charge in [0, 0.05) is 11.3 Å². The zero-order chi connectivity index (χ0) is 8.77. The highest BCUT2D eigenvalue weighted by molar-refractivity contribution is 6.00. The zero-order valence-corrected chi connectivity index (χ0v) is 7.08. The molecule has 0 spiro atoms. The van der Waals surface area contributed by atoms with Crippen molar-refractivity contribution in [3.8, 4) is 0 Å². The summed E-state index contributed by atoms with van der Waals surface area (Å²) in [6, 6.07) is 0. The fourth-order valence-corrected chi connectivity index (χ4v) is 2.05. The Hall–Kier alpha value is -1.05. The molecule has 0 saturated heterocycles. The van der Waals surface area contributed by atoms with Gasteiger partial charge in [0.15, 0.2) is 5.76 Å². The van der Waals surface area contributed by atoms with Gasteiger partial charge in [-0.3, -0.25) is 4.79 Å². The first-order valence-electron chi connectivity index (χ1n) is 4.27. The second-order valence-corrected chi connectivity index (χ2v) is 3.79. The monoisotopic (exact) mass is 164 g/mol. The zero-order valence-electron chi connectivity index (χ0n) is 7.08. The van der Waals surface area contributed by atoms with Crippen molar-refractivity contribution < 1.29 is 9.90 Å². The summed E-state index contributed by atoms with van der Waals surface area (Å²) < 4.78 is 0. The minimum absolute atomic E-state index is 0.0472. The average molecular weight is 164 g/mol. The van der Waals surface area contributed by atoms with E-state index in [4.69, 9.17) is 0 Å². The van der Waals surface area contributed by atoms with Gasteiger partial charge in [-0.05, 0) is 18.9 Å². The lowest BCUT2D eigenvalue weighted by molar-refractivity contribution is -0.126. The van der Waals surface area contributed by atoms with Gasteiger partial charge >= 0.3 is 0 Å². The molecule has 0 heterocycles. The lowest BCUT2D eigenvalue weighted by Gasteiger charge is -2.30. The van der Waals surface area contributed by atoms with E-state index in [9.17, 15) is 9.90 Å². The summed E-state index contributed by atoms with van der Waals surface area (Å²) in [5, 5.41) is 9.27. The fraction of sp³-hybridized carbons (Fsp3) is 0.500. The number of carbonyl (C=O) groups is 1. The summed E-state index contributed by atoms with van der Waals surface area (Å²) in [7, 11) is 0. The van der Waals surface area contributed by atoms with Crippen LogP contribution in [0.25, 0.3) is 0 Å². The van der Waals surface area contributed by atoms with Crippen LogP contribution in [0.5, 0.6) is 0 Å². The van der Waals surface area contributed by atoms with Crippen LogP contribution in [0.15, 0.2) is 24.0 Å². The SMILES string of the molecule is C[C@]12CCC=C[C@@H]1C=C(O)C2=O. The molecule has 0 saturated carbocycles. The minimum atomic E-state index is -0.348. The standard InChI is InChI=1S/C10H12O2/c1-10-5-3-2-4-7(10)6-8(11)9(10)12/h2,4,6-7,11H,3,5H2,1H3/t7-,10+/m1/s1. The number of allylic oxidation sites excluding steroid dienone is 4. The molecule has 1 N–H and O–H groups in total. The molecular weight excluding hydrogens is 152 g/mol. The fourth-order valence-electron chi connectivity index (χ4n) is 2.05. The van der Waals surface area contributed by atoms with E-state index in [1.54, 1.807) is 6.08 Å².